The van der Waals surface area contributed by atoms with Crippen LogP contribution in [0.3, 0.4) is 0 Å². The molecule has 0 amide bonds. The Labute approximate surface area is 203 Å². The maximum absolute atomic E-state index is 4.70. The van der Waals surface area contributed by atoms with Gasteiger partial charge in [-0.05, 0) is 43.0 Å². The standard InChI is InChI=1S/C24H34N6.HI/c1-25-24(30-11-10-21(19-30)16-20-6-4-3-5-7-20)27-18-22-8-9-23(26-17-22)29-14-12-28(2)13-15-29;/h3-9,17,21H,10-16,18-19H2,1-2H3,(H,25,27);1H. The highest BCUT2D eigenvalue weighted by Crippen LogP contribution is 2.21. The fraction of sp³-hybridized carbons (Fsp3) is 0.500. The average molecular weight is 534 g/mol. The molecule has 0 bridgehead atoms. The molecule has 0 aliphatic carbocycles. The highest BCUT2D eigenvalue weighted by Gasteiger charge is 2.25. The summed E-state index contributed by atoms with van der Waals surface area (Å²) in [5, 5.41) is 3.53. The van der Waals surface area contributed by atoms with Crippen LogP contribution in [-0.4, -0.2) is 74.1 Å². The quantitative estimate of drug-likeness (QED) is 0.363. The summed E-state index contributed by atoms with van der Waals surface area (Å²) in [6, 6.07) is 15.1. The summed E-state index contributed by atoms with van der Waals surface area (Å²) in [5.41, 5.74) is 2.62. The van der Waals surface area contributed by atoms with Crippen molar-refractivity contribution in [3.05, 3.63) is 59.8 Å². The molecule has 2 fully saturated rings. The summed E-state index contributed by atoms with van der Waals surface area (Å²) in [7, 11) is 4.05. The molecule has 1 N–H and O–H groups in total. The molecule has 31 heavy (non-hydrogen) atoms. The molecule has 2 saturated heterocycles. The molecule has 2 aliphatic heterocycles. The molecule has 0 spiro atoms. The number of likely N-dealkylation sites (tertiary alicyclic amines) is 1. The fourth-order valence-electron chi connectivity index (χ4n) is 4.40. The number of aliphatic imine (C=N–C) groups is 1. The number of benzene rings is 1. The SMILES string of the molecule is CN=C(NCc1ccc(N2CCN(C)CC2)nc1)N1CCC(Cc2ccccc2)C1.I. The van der Waals surface area contributed by atoms with Crippen molar-refractivity contribution in [2.45, 2.75) is 19.4 Å². The van der Waals surface area contributed by atoms with Gasteiger partial charge in [-0.25, -0.2) is 4.98 Å². The zero-order valence-corrected chi connectivity index (χ0v) is 21.0. The molecule has 1 unspecified atom stereocenters. The first-order valence-corrected chi connectivity index (χ1v) is 11.1. The third kappa shape index (κ3) is 6.55. The minimum atomic E-state index is 0. The van der Waals surface area contributed by atoms with Crippen LogP contribution in [0.2, 0.25) is 0 Å². The van der Waals surface area contributed by atoms with Crippen LogP contribution in [0.15, 0.2) is 53.7 Å². The number of nitrogens with one attached hydrogen (secondary N) is 1. The van der Waals surface area contributed by atoms with Gasteiger partial charge in [0.25, 0.3) is 0 Å². The van der Waals surface area contributed by atoms with Crippen LogP contribution < -0.4 is 10.2 Å². The molecule has 1 aromatic heterocycles. The van der Waals surface area contributed by atoms with Crippen LogP contribution in [0.5, 0.6) is 0 Å². The predicted octanol–water partition coefficient (Wildman–Crippen LogP) is 3.09. The highest BCUT2D eigenvalue weighted by atomic mass is 127. The van der Waals surface area contributed by atoms with Crippen molar-refractivity contribution in [3.63, 3.8) is 0 Å². The second kappa shape index (κ2) is 11.7. The molecule has 6 nitrogen and oxygen atoms in total. The summed E-state index contributed by atoms with van der Waals surface area (Å²) in [6.07, 6.45) is 4.36. The number of guanidine groups is 1. The van der Waals surface area contributed by atoms with Gasteiger partial charge in [0.1, 0.15) is 5.82 Å². The van der Waals surface area contributed by atoms with Gasteiger partial charge in [-0.1, -0.05) is 36.4 Å². The smallest absolute Gasteiger partial charge is 0.193 e. The van der Waals surface area contributed by atoms with Crippen molar-refractivity contribution >= 4 is 35.8 Å². The van der Waals surface area contributed by atoms with Gasteiger partial charge in [0, 0.05) is 59.1 Å². The topological polar surface area (TPSA) is 47.0 Å². The predicted molar refractivity (Wildman–Crippen MR) is 139 cm³/mol. The van der Waals surface area contributed by atoms with Gasteiger partial charge in [-0.15, -0.1) is 24.0 Å². The van der Waals surface area contributed by atoms with Crippen LogP contribution in [-0.2, 0) is 13.0 Å². The van der Waals surface area contributed by atoms with E-state index in [1.807, 2.05) is 13.2 Å². The Balaban J connectivity index is 0.00000272. The molecule has 4 rings (SSSR count). The summed E-state index contributed by atoms with van der Waals surface area (Å²) in [5.74, 6) is 2.77. The number of anilines is 1. The van der Waals surface area contributed by atoms with Crippen LogP contribution in [0.1, 0.15) is 17.5 Å². The molecular formula is C24H35IN6. The van der Waals surface area contributed by atoms with Gasteiger partial charge in [0.15, 0.2) is 5.96 Å². The number of likely N-dealkylation sites (N-methyl/N-ethyl adjacent to an activating group) is 1. The molecule has 1 atom stereocenters. The van der Waals surface area contributed by atoms with Crippen molar-refractivity contribution in [2.75, 3.05) is 58.3 Å². The van der Waals surface area contributed by atoms with Crippen molar-refractivity contribution in [2.24, 2.45) is 10.9 Å². The van der Waals surface area contributed by atoms with Gasteiger partial charge in [-0.3, -0.25) is 4.99 Å². The number of pyridine rings is 1. The lowest BCUT2D eigenvalue weighted by Crippen LogP contribution is -2.44. The van der Waals surface area contributed by atoms with Gasteiger partial charge in [-0.2, -0.15) is 0 Å². The first kappa shape index (κ1) is 23.8. The zero-order chi connectivity index (χ0) is 20.8. The zero-order valence-electron chi connectivity index (χ0n) is 18.7. The third-order valence-corrected chi connectivity index (χ3v) is 6.25. The van der Waals surface area contributed by atoms with Crippen molar-refractivity contribution < 1.29 is 0 Å². The van der Waals surface area contributed by atoms with Gasteiger partial charge < -0.3 is 20.0 Å². The second-order valence-electron chi connectivity index (χ2n) is 8.51. The summed E-state index contributed by atoms with van der Waals surface area (Å²) >= 11 is 0. The van der Waals surface area contributed by atoms with E-state index < -0.39 is 0 Å². The van der Waals surface area contributed by atoms with Gasteiger partial charge in [0.2, 0.25) is 0 Å². The van der Waals surface area contributed by atoms with Gasteiger partial charge >= 0.3 is 0 Å². The first-order chi connectivity index (χ1) is 14.7. The van der Waals surface area contributed by atoms with E-state index in [4.69, 9.17) is 4.98 Å². The number of hydrogen-bond donors (Lipinski definition) is 1. The maximum Gasteiger partial charge on any atom is 0.193 e. The Hall–Kier alpha value is -1.87. The monoisotopic (exact) mass is 534 g/mol. The van der Waals surface area contributed by atoms with E-state index in [2.05, 4.69) is 74.5 Å². The van der Waals surface area contributed by atoms with Crippen LogP contribution in [0.4, 0.5) is 5.82 Å². The van der Waals surface area contributed by atoms with Crippen LogP contribution in [0.25, 0.3) is 0 Å². The van der Waals surface area contributed by atoms with Crippen molar-refractivity contribution in [1.29, 1.82) is 0 Å². The molecule has 1 aromatic carbocycles. The molecule has 0 saturated carbocycles. The largest absolute Gasteiger partial charge is 0.354 e. The summed E-state index contributed by atoms with van der Waals surface area (Å²) < 4.78 is 0. The molecule has 7 heteroatoms. The highest BCUT2D eigenvalue weighted by molar-refractivity contribution is 14.0. The number of aromatic nitrogens is 1. The van der Waals surface area contributed by atoms with E-state index in [9.17, 15) is 0 Å². The summed E-state index contributed by atoms with van der Waals surface area (Å²) in [6.45, 7) is 7.18. The molecule has 0 radical (unpaired) electrons. The van der Waals surface area contributed by atoms with Crippen LogP contribution in [0, 0.1) is 5.92 Å². The normalized spacial score (nSPS) is 19.9. The Morgan fingerprint density at radius 2 is 1.81 bits per heavy atom. The lowest BCUT2D eigenvalue weighted by molar-refractivity contribution is 0.312. The van der Waals surface area contributed by atoms with E-state index >= 15 is 0 Å². The molecule has 2 aromatic rings. The minimum Gasteiger partial charge on any atom is -0.354 e. The summed E-state index contributed by atoms with van der Waals surface area (Å²) in [4.78, 5) is 16.3. The van der Waals surface area contributed by atoms with E-state index in [1.165, 1.54) is 17.5 Å². The Kier molecular flexibility index (Phi) is 8.95. The van der Waals surface area contributed by atoms with E-state index in [-0.39, 0.29) is 24.0 Å². The van der Waals surface area contributed by atoms with E-state index in [0.717, 1.165) is 64.0 Å². The molecule has 2 aliphatic rings. The molecule has 168 valence electrons. The Bertz CT molecular complexity index is 818. The lowest BCUT2D eigenvalue weighted by Gasteiger charge is -2.33. The second-order valence-corrected chi connectivity index (χ2v) is 8.51. The van der Waals surface area contributed by atoms with E-state index in [1.54, 1.807) is 0 Å². The Morgan fingerprint density at radius 1 is 1.03 bits per heavy atom. The van der Waals surface area contributed by atoms with Gasteiger partial charge in [0.05, 0.1) is 0 Å². The van der Waals surface area contributed by atoms with E-state index in [0.29, 0.717) is 5.92 Å². The molecular weight excluding hydrogens is 499 g/mol. The number of piperazine rings is 1. The van der Waals surface area contributed by atoms with Crippen molar-refractivity contribution in [3.8, 4) is 0 Å². The van der Waals surface area contributed by atoms with Crippen molar-refractivity contribution in [1.82, 2.24) is 20.1 Å². The molecule has 3 heterocycles. The lowest BCUT2D eigenvalue weighted by atomic mass is 9.99. The maximum atomic E-state index is 4.70. The number of hydrogen-bond acceptors (Lipinski definition) is 4. The third-order valence-electron chi connectivity index (χ3n) is 6.25. The average Bonchev–Trinajstić information content (AvgIpc) is 3.24. The first-order valence-electron chi connectivity index (χ1n) is 11.1. The minimum absolute atomic E-state index is 0. The number of nitrogens with zero attached hydrogens (tertiary/aromatic N) is 5. The Morgan fingerprint density at radius 3 is 2.48 bits per heavy atom. The fourth-order valence-corrected chi connectivity index (χ4v) is 4.40. The number of halogens is 1. The van der Waals surface area contributed by atoms with Crippen LogP contribution >= 0.6 is 24.0 Å². The number of rotatable bonds is 5.